The van der Waals surface area contributed by atoms with Gasteiger partial charge in [0.1, 0.15) is 17.8 Å². The molecule has 2 unspecified atom stereocenters. The van der Waals surface area contributed by atoms with E-state index in [2.05, 4.69) is 0 Å². The van der Waals surface area contributed by atoms with Crippen molar-refractivity contribution in [2.24, 2.45) is 22.7 Å². The summed E-state index contributed by atoms with van der Waals surface area (Å²) in [5.41, 5.74) is -6.79. The van der Waals surface area contributed by atoms with Gasteiger partial charge in [-0.3, -0.25) is 9.59 Å². The van der Waals surface area contributed by atoms with Crippen molar-refractivity contribution in [2.75, 3.05) is 6.26 Å². The van der Waals surface area contributed by atoms with Crippen LogP contribution in [0, 0.1) is 34.3 Å². The number of ether oxygens (including phenoxy) is 2. The lowest BCUT2D eigenvalue weighted by atomic mass is 9.44. The van der Waals surface area contributed by atoms with Gasteiger partial charge < -0.3 is 14.6 Å². The molecular weight excluding hydrogens is 524 g/mol. The first-order valence-electron chi connectivity index (χ1n) is 12.7. The van der Waals surface area contributed by atoms with Crippen molar-refractivity contribution < 1.29 is 41.7 Å². The normalized spacial score (nSPS) is 47.2. The number of thioether (sulfide) groups is 1. The first-order chi connectivity index (χ1) is 17.8. The predicted octanol–water partition coefficient (Wildman–Crippen LogP) is 4.94. The molecule has 4 aliphatic carbocycles. The molecule has 0 amide bonds. The number of halogens is 4. The van der Waals surface area contributed by atoms with Gasteiger partial charge in [-0.05, 0) is 68.2 Å². The first kappa shape index (κ1) is 26.2. The van der Waals surface area contributed by atoms with Crippen LogP contribution in [0.25, 0.3) is 0 Å². The summed E-state index contributed by atoms with van der Waals surface area (Å²) in [6, 6.07) is 2.95. The zero-order chi connectivity index (χ0) is 27.4. The fourth-order valence-electron chi connectivity index (χ4n) is 8.28. The number of ketones is 1. The Kier molecular flexibility index (Phi) is 5.70. The van der Waals surface area contributed by atoms with Crippen LogP contribution in [0.15, 0.2) is 42.0 Å². The van der Waals surface area contributed by atoms with Crippen molar-refractivity contribution in [1.29, 1.82) is 0 Å². The topological polar surface area (TPSA) is 72.8 Å². The van der Waals surface area contributed by atoms with E-state index in [1.54, 1.807) is 13.2 Å². The van der Waals surface area contributed by atoms with Crippen LogP contribution in [0.4, 0.5) is 17.6 Å². The lowest BCUT2D eigenvalue weighted by molar-refractivity contribution is -0.232. The van der Waals surface area contributed by atoms with E-state index in [9.17, 15) is 23.5 Å². The lowest BCUT2D eigenvalue weighted by Gasteiger charge is -2.63. The lowest BCUT2D eigenvalue weighted by Crippen LogP contribution is -2.70. The van der Waals surface area contributed by atoms with E-state index in [4.69, 9.17) is 9.47 Å². The quantitative estimate of drug-likeness (QED) is 0.525. The van der Waals surface area contributed by atoms with E-state index < -0.39 is 81.1 Å². The molecule has 0 aromatic heterocycles. The highest BCUT2D eigenvalue weighted by atomic mass is 32.2. The summed E-state index contributed by atoms with van der Waals surface area (Å²) in [5.74, 6) is -3.75. The second-order valence-electron chi connectivity index (χ2n) is 11.6. The highest BCUT2D eigenvalue weighted by Crippen LogP contribution is 2.73. The maximum Gasteiger partial charge on any atom is 0.223 e. The Morgan fingerprint density at radius 3 is 2.61 bits per heavy atom. The summed E-state index contributed by atoms with van der Waals surface area (Å²) in [4.78, 5) is 25.7. The second-order valence-corrected chi connectivity index (χ2v) is 12.3. The van der Waals surface area contributed by atoms with Gasteiger partial charge in [0.25, 0.3) is 0 Å². The minimum Gasteiger partial charge on any atom is -0.390 e. The van der Waals surface area contributed by atoms with Gasteiger partial charge in [0, 0.05) is 28.4 Å². The van der Waals surface area contributed by atoms with Gasteiger partial charge in [0.15, 0.2) is 23.3 Å². The van der Waals surface area contributed by atoms with E-state index in [1.165, 1.54) is 25.1 Å². The summed E-state index contributed by atoms with van der Waals surface area (Å²) in [6.07, 6.45) is -0.579. The van der Waals surface area contributed by atoms with Crippen molar-refractivity contribution in [1.82, 2.24) is 0 Å². The van der Waals surface area contributed by atoms with Gasteiger partial charge in [-0.15, -0.1) is 0 Å². The van der Waals surface area contributed by atoms with Crippen molar-refractivity contribution in [2.45, 2.75) is 69.0 Å². The van der Waals surface area contributed by atoms with Gasteiger partial charge in [-0.1, -0.05) is 24.8 Å². The minimum absolute atomic E-state index is 0.0128. The molecular formula is C28H28F4O5S. The van der Waals surface area contributed by atoms with Crippen LogP contribution < -0.4 is 0 Å². The standard InChI is InChI=1S/C28H28F4O5S/c1-25-7-6-14(33)9-18(25)20(31)10-17-16-11-22-28(24(35)38-3,26(16,2)12-21(34)27(17,25)32)37-23(36-22)15-5-4-13(29)8-19(15)30/h4-9,16-17,20-23,34H,10-12H2,1-3H3/t16?,17-,20-,21-,22+,23?,25-,26-,27-,28-/m0/s1. The molecule has 1 aromatic carbocycles. The first-order valence-corrected chi connectivity index (χ1v) is 13.9. The molecule has 38 heavy (non-hydrogen) atoms. The molecule has 1 aliphatic heterocycles. The number of benzene rings is 1. The number of aliphatic hydroxyl groups excluding tert-OH is 1. The molecule has 1 aromatic rings. The van der Waals surface area contributed by atoms with Crippen LogP contribution >= 0.6 is 11.8 Å². The number of carbonyl (C=O) groups is 2. The maximum absolute atomic E-state index is 17.4. The molecule has 204 valence electrons. The zero-order valence-corrected chi connectivity index (χ0v) is 21.9. The molecule has 10 atom stereocenters. The van der Waals surface area contributed by atoms with E-state index >= 15 is 8.78 Å². The monoisotopic (exact) mass is 552 g/mol. The second kappa shape index (κ2) is 8.25. The molecule has 1 saturated heterocycles. The summed E-state index contributed by atoms with van der Waals surface area (Å²) < 4.78 is 73.6. The van der Waals surface area contributed by atoms with Crippen LogP contribution in [-0.4, -0.2) is 51.9 Å². The molecule has 1 heterocycles. The Balaban J connectivity index is 1.45. The largest absolute Gasteiger partial charge is 0.390 e. The van der Waals surface area contributed by atoms with Gasteiger partial charge >= 0.3 is 0 Å². The zero-order valence-electron chi connectivity index (χ0n) is 21.0. The fraction of sp³-hybridized carbons (Fsp3) is 0.571. The highest BCUT2D eigenvalue weighted by Gasteiger charge is 2.80. The number of allylic oxidation sites excluding steroid dienone is 4. The van der Waals surface area contributed by atoms with Gasteiger partial charge in [0.05, 0.1) is 12.2 Å². The Morgan fingerprint density at radius 1 is 1.18 bits per heavy atom. The number of rotatable bonds is 2. The van der Waals surface area contributed by atoms with Crippen LogP contribution in [0.2, 0.25) is 0 Å². The Labute approximate surface area is 221 Å². The van der Waals surface area contributed by atoms with Crippen LogP contribution in [-0.2, 0) is 19.1 Å². The summed E-state index contributed by atoms with van der Waals surface area (Å²) in [6.45, 7) is 3.23. The van der Waals surface area contributed by atoms with Gasteiger partial charge in [0.2, 0.25) is 5.12 Å². The average molecular weight is 553 g/mol. The number of carbonyl (C=O) groups excluding carboxylic acids is 2. The summed E-state index contributed by atoms with van der Waals surface area (Å²) in [7, 11) is 0. The van der Waals surface area contributed by atoms with Gasteiger partial charge in [-0.25, -0.2) is 17.6 Å². The molecule has 0 spiro atoms. The molecule has 5 nitrogen and oxygen atoms in total. The molecule has 0 radical (unpaired) electrons. The van der Waals surface area contributed by atoms with Crippen molar-refractivity contribution in [3.8, 4) is 0 Å². The molecule has 3 saturated carbocycles. The van der Waals surface area contributed by atoms with E-state index in [0.717, 1.165) is 23.9 Å². The van der Waals surface area contributed by atoms with Crippen molar-refractivity contribution >= 4 is 22.7 Å². The van der Waals surface area contributed by atoms with Gasteiger partial charge in [-0.2, -0.15) is 0 Å². The maximum atomic E-state index is 17.4. The van der Waals surface area contributed by atoms with E-state index in [1.807, 2.05) is 0 Å². The Morgan fingerprint density at radius 2 is 1.92 bits per heavy atom. The number of hydrogen-bond acceptors (Lipinski definition) is 6. The molecule has 6 rings (SSSR count). The Hall–Kier alpha value is -2.01. The van der Waals surface area contributed by atoms with Crippen LogP contribution in [0.3, 0.4) is 0 Å². The van der Waals surface area contributed by atoms with Crippen LogP contribution in [0.5, 0.6) is 0 Å². The highest BCUT2D eigenvalue weighted by molar-refractivity contribution is 8.13. The van der Waals surface area contributed by atoms with Crippen molar-refractivity contribution in [3.63, 3.8) is 0 Å². The Bertz CT molecular complexity index is 1300. The number of aliphatic hydroxyl groups is 1. The SMILES string of the molecule is CSC(=O)[C@@]12OC(c3ccc(F)cc3F)O[C@@H]1CC1[C@@H]3C[C@H](F)C4=CC(=O)C=C[C@]4(C)[C@@]3(F)[C@@H](O)C[C@@]12C. The number of fused-ring (bicyclic) bond motifs is 7. The molecule has 10 heteroatoms. The molecule has 1 N–H and O–H groups in total. The molecule has 5 aliphatic rings. The third-order valence-electron chi connectivity index (χ3n) is 10.1. The van der Waals surface area contributed by atoms with E-state index in [0.29, 0.717) is 6.07 Å². The molecule has 0 bridgehead atoms. The average Bonchev–Trinajstić information content (AvgIpc) is 3.35. The minimum atomic E-state index is -2.31. The third kappa shape index (κ3) is 3.00. The smallest absolute Gasteiger partial charge is 0.223 e. The number of hydrogen-bond donors (Lipinski definition) is 1. The van der Waals surface area contributed by atoms with E-state index in [-0.39, 0.29) is 30.4 Å². The number of alkyl halides is 2. The summed E-state index contributed by atoms with van der Waals surface area (Å²) in [5, 5.41) is 11.1. The molecule has 4 fully saturated rings. The van der Waals surface area contributed by atoms with Crippen molar-refractivity contribution in [3.05, 3.63) is 59.2 Å². The fourth-order valence-corrected chi connectivity index (χ4v) is 9.00. The third-order valence-corrected chi connectivity index (χ3v) is 10.7. The summed E-state index contributed by atoms with van der Waals surface area (Å²) >= 11 is 0.890. The predicted molar refractivity (Wildman–Crippen MR) is 130 cm³/mol. The van der Waals surface area contributed by atoms with Crippen LogP contribution in [0.1, 0.15) is 45.0 Å².